The van der Waals surface area contributed by atoms with Gasteiger partial charge < -0.3 is 5.73 Å². The van der Waals surface area contributed by atoms with Crippen LogP contribution in [0.3, 0.4) is 0 Å². The Balaban J connectivity index is 2.20. The number of rotatable bonds is 3. The van der Waals surface area contributed by atoms with Crippen LogP contribution in [0.25, 0.3) is 0 Å². The number of hydrogen-bond donors (Lipinski definition) is 1. The van der Waals surface area contributed by atoms with Crippen LogP contribution >= 0.6 is 0 Å². The Morgan fingerprint density at radius 3 is 2.29 bits per heavy atom. The topological polar surface area (TPSA) is 26.0 Å². The molecule has 6 heteroatoms. The molecule has 2 aromatic rings. The van der Waals surface area contributed by atoms with E-state index in [0.717, 1.165) is 12.1 Å². The summed E-state index contributed by atoms with van der Waals surface area (Å²) in [5, 5.41) is 0. The molecule has 0 bridgehead atoms. The maximum Gasteiger partial charge on any atom is 0.419 e. The Morgan fingerprint density at radius 2 is 1.71 bits per heavy atom. The van der Waals surface area contributed by atoms with Crippen molar-refractivity contribution in [3.8, 4) is 0 Å². The maximum atomic E-state index is 13.5. The lowest BCUT2D eigenvalue weighted by Gasteiger charge is -2.14. The van der Waals surface area contributed by atoms with E-state index in [1.54, 1.807) is 6.07 Å². The van der Waals surface area contributed by atoms with Gasteiger partial charge in [0.25, 0.3) is 0 Å². The van der Waals surface area contributed by atoms with Gasteiger partial charge >= 0.3 is 6.18 Å². The van der Waals surface area contributed by atoms with E-state index in [4.69, 9.17) is 5.73 Å². The second-order valence-corrected chi connectivity index (χ2v) is 4.68. The first-order valence-corrected chi connectivity index (χ1v) is 6.14. The summed E-state index contributed by atoms with van der Waals surface area (Å²) in [6.07, 6.45) is -4.54. The van der Waals surface area contributed by atoms with E-state index in [2.05, 4.69) is 0 Å². The largest absolute Gasteiger partial charge is 0.419 e. The van der Waals surface area contributed by atoms with Crippen molar-refractivity contribution >= 4 is 0 Å². The molecule has 0 aliphatic heterocycles. The number of nitrogens with two attached hydrogens (primary N) is 1. The van der Waals surface area contributed by atoms with Gasteiger partial charge in [0.05, 0.1) is 5.56 Å². The van der Waals surface area contributed by atoms with Gasteiger partial charge in [-0.3, -0.25) is 0 Å². The molecule has 2 N–H and O–H groups in total. The summed E-state index contributed by atoms with van der Waals surface area (Å²) in [5.74, 6) is -1.80. The van der Waals surface area contributed by atoms with Gasteiger partial charge in [0, 0.05) is 6.04 Å². The molecular weight excluding hydrogens is 289 g/mol. The fourth-order valence-electron chi connectivity index (χ4n) is 2.03. The van der Waals surface area contributed by atoms with Gasteiger partial charge in [0.2, 0.25) is 0 Å². The van der Waals surface area contributed by atoms with Crippen molar-refractivity contribution in [3.05, 3.63) is 70.8 Å². The molecule has 1 nitrogen and oxygen atoms in total. The van der Waals surface area contributed by atoms with E-state index in [-0.39, 0.29) is 12.0 Å². The van der Waals surface area contributed by atoms with Gasteiger partial charge in [-0.2, -0.15) is 13.2 Å². The molecule has 2 aromatic carbocycles. The number of benzene rings is 2. The average Bonchev–Trinajstić information content (AvgIpc) is 2.37. The van der Waals surface area contributed by atoms with Crippen LogP contribution in [0.5, 0.6) is 0 Å². The molecule has 0 fully saturated rings. The van der Waals surface area contributed by atoms with Crippen LogP contribution in [0.4, 0.5) is 22.0 Å². The molecule has 2 rings (SSSR count). The highest BCUT2D eigenvalue weighted by Crippen LogP contribution is 2.32. The molecule has 0 saturated heterocycles. The van der Waals surface area contributed by atoms with Gasteiger partial charge in [-0.1, -0.05) is 18.2 Å². The van der Waals surface area contributed by atoms with E-state index in [9.17, 15) is 22.0 Å². The van der Waals surface area contributed by atoms with Crippen LogP contribution in [0.2, 0.25) is 0 Å². The van der Waals surface area contributed by atoms with Crippen LogP contribution in [-0.2, 0) is 12.6 Å². The second kappa shape index (κ2) is 5.81. The number of hydrogen-bond acceptors (Lipinski definition) is 1. The molecule has 0 heterocycles. The van der Waals surface area contributed by atoms with Crippen molar-refractivity contribution in [2.45, 2.75) is 18.6 Å². The maximum absolute atomic E-state index is 13.5. The van der Waals surface area contributed by atoms with Gasteiger partial charge in [0.1, 0.15) is 11.6 Å². The van der Waals surface area contributed by atoms with Crippen molar-refractivity contribution in [2.24, 2.45) is 5.73 Å². The first-order valence-electron chi connectivity index (χ1n) is 6.14. The van der Waals surface area contributed by atoms with E-state index in [1.807, 2.05) is 0 Å². The third-order valence-corrected chi connectivity index (χ3v) is 3.07. The smallest absolute Gasteiger partial charge is 0.324 e. The molecule has 0 aliphatic carbocycles. The van der Waals surface area contributed by atoms with Gasteiger partial charge in [-0.25, -0.2) is 8.78 Å². The first-order chi connectivity index (χ1) is 9.77. The summed E-state index contributed by atoms with van der Waals surface area (Å²) in [5.41, 5.74) is 5.32. The van der Waals surface area contributed by atoms with Crippen molar-refractivity contribution in [3.63, 3.8) is 0 Å². The van der Waals surface area contributed by atoms with E-state index < -0.39 is 29.4 Å². The Bertz CT molecular complexity index is 636. The Kier molecular flexibility index (Phi) is 4.27. The lowest BCUT2D eigenvalue weighted by molar-refractivity contribution is -0.140. The molecule has 112 valence electrons. The third-order valence-electron chi connectivity index (χ3n) is 3.07. The summed E-state index contributed by atoms with van der Waals surface area (Å²) in [4.78, 5) is 0. The zero-order chi connectivity index (χ0) is 15.6. The van der Waals surface area contributed by atoms with Crippen molar-refractivity contribution < 1.29 is 22.0 Å². The van der Waals surface area contributed by atoms with E-state index in [1.165, 1.54) is 18.2 Å². The van der Waals surface area contributed by atoms with Crippen LogP contribution in [0.15, 0.2) is 42.5 Å². The van der Waals surface area contributed by atoms with Crippen LogP contribution < -0.4 is 5.73 Å². The van der Waals surface area contributed by atoms with Crippen LogP contribution in [0, 0.1) is 11.6 Å². The van der Waals surface area contributed by atoms with Gasteiger partial charge in [0.15, 0.2) is 0 Å². The summed E-state index contributed by atoms with van der Waals surface area (Å²) < 4.78 is 63.9. The molecule has 0 amide bonds. The molecule has 1 unspecified atom stereocenters. The molecule has 0 aromatic heterocycles. The Labute approximate surface area is 118 Å². The highest BCUT2D eigenvalue weighted by Gasteiger charge is 2.34. The molecular formula is C15H12F5N. The van der Waals surface area contributed by atoms with Gasteiger partial charge in [-0.15, -0.1) is 0 Å². The van der Waals surface area contributed by atoms with Crippen molar-refractivity contribution in [2.75, 3.05) is 0 Å². The van der Waals surface area contributed by atoms with Crippen LogP contribution in [0.1, 0.15) is 22.7 Å². The lowest BCUT2D eigenvalue weighted by Crippen LogP contribution is -2.15. The van der Waals surface area contributed by atoms with Crippen molar-refractivity contribution in [1.82, 2.24) is 0 Å². The quantitative estimate of drug-likeness (QED) is 0.844. The molecule has 0 aliphatic rings. The monoisotopic (exact) mass is 301 g/mol. The highest BCUT2D eigenvalue weighted by atomic mass is 19.4. The normalized spacial score (nSPS) is 13.2. The Hall–Kier alpha value is -1.95. The highest BCUT2D eigenvalue weighted by molar-refractivity contribution is 5.30. The molecule has 1 atom stereocenters. The minimum atomic E-state index is -4.74. The molecule has 0 spiro atoms. The zero-order valence-electron chi connectivity index (χ0n) is 10.8. The Morgan fingerprint density at radius 1 is 1.00 bits per heavy atom. The van der Waals surface area contributed by atoms with E-state index in [0.29, 0.717) is 11.6 Å². The SMILES string of the molecule is NC(Cc1cccc(F)c1)c1ccc(C(F)(F)F)c(F)c1. The minimum Gasteiger partial charge on any atom is -0.324 e. The molecule has 0 saturated carbocycles. The minimum absolute atomic E-state index is 0.197. The predicted molar refractivity (Wildman–Crippen MR) is 68.4 cm³/mol. The lowest BCUT2D eigenvalue weighted by atomic mass is 9.98. The molecule has 21 heavy (non-hydrogen) atoms. The number of alkyl halides is 3. The van der Waals surface area contributed by atoms with Gasteiger partial charge in [-0.05, 0) is 41.8 Å². The second-order valence-electron chi connectivity index (χ2n) is 4.68. The summed E-state index contributed by atoms with van der Waals surface area (Å²) >= 11 is 0. The average molecular weight is 301 g/mol. The fraction of sp³-hybridized carbons (Fsp3) is 0.200. The predicted octanol–water partition coefficient (Wildman–Crippen LogP) is 4.23. The summed E-state index contributed by atoms with van der Waals surface area (Å²) in [6.45, 7) is 0. The van der Waals surface area contributed by atoms with E-state index >= 15 is 0 Å². The zero-order valence-corrected chi connectivity index (χ0v) is 10.8. The standard InChI is InChI=1S/C15H12F5N/c16-11-3-1-2-9(6-11)7-14(21)10-4-5-12(13(17)8-10)15(18,19)20/h1-6,8,14H,7,21H2. The molecule has 0 radical (unpaired) electrons. The summed E-state index contributed by atoms with van der Waals surface area (Å²) in [6, 6.07) is 7.54. The summed E-state index contributed by atoms with van der Waals surface area (Å²) in [7, 11) is 0. The van der Waals surface area contributed by atoms with Crippen LogP contribution in [-0.4, -0.2) is 0 Å². The first kappa shape index (κ1) is 15.4. The van der Waals surface area contributed by atoms with Crippen molar-refractivity contribution in [1.29, 1.82) is 0 Å². The number of halogens is 5. The third kappa shape index (κ3) is 3.78. The fourth-order valence-corrected chi connectivity index (χ4v) is 2.03.